The van der Waals surface area contributed by atoms with Gasteiger partial charge in [-0.05, 0) is 31.4 Å². The molecule has 388 valence electrons. The molecule has 1 aromatic rings. The number of ether oxygens (including phenoxy) is 3. The summed E-state index contributed by atoms with van der Waals surface area (Å²) in [5.41, 5.74) is 6.27. The molecule has 1 aromatic carbocycles. The number of benzene rings is 1. The summed E-state index contributed by atoms with van der Waals surface area (Å²) in [7, 11) is 0. The molecule has 0 aliphatic heterocycles. The van der Waals surface area contributed by atoms with Gasteiger partial charge in [-0.25, -0.2) is 0 Å². The quantitative estimate of drug-likeness (QED) is 0.0661. The third-order valence-electron chi connectivity index (χ3n) is 14.1. The summed E-state index contributed by atoms with van der Waals surface area (Å²) in [5, 5.41) is 0. The molecule has 0 unspecified atom stereocenters. The number of carbonyl (C=O) groups excluding carboxylic acids is 1. The average molecular weight is 927 g/mol. The van der Waals surface area contributed by atoms with Crippen molar-refractivity contribution in [3.8, 4) is 17.2 Å². The summed E-state index contributed by atoms with van der Waals surface area (Å²) in [6.07, 6.45) is 64.6. The number of hydrogen-bond donors (Lipinski definition) is 1. The molecule has 5 nitrogen and oxygen atoms in total. The second-order valence-electron chi connectivity index (χ2n) is 20.6. The Kier molecular flexibility index (Phi) is 47.9. The van der Waals surface area contributed by atoms with Crippen molar-refractivity contribution >= 4 is 5.91 Å². The molecule has 2 N–H and O–H groups in total. The smallest absolute Gasteiger partial charge is 0.248 e. The Bertz CT molecular complexity index is 1080. The van der Waals surface area contributed by atoms with Crippen LogP contribution in [-0.4, -0.2) is 25.7 Å². The number of hydrogen-bond acceptors (Lipinski definition) is 4. The van der Waals surface area contributed by atoms with Gasteiger partial charge in [0, 0.05) is 5.56 Å². The first-order valence-electron chi connectivity index (χ1n) is 30.0. The molecule has 1 amide bonds. The molecule has 5 heteroatoms. The molecule has 0 atom stereocenters. The van der Waals surface area contributed by atoms with E-state index < -0.39 is 5.91 Å². The van der Waals surface area contributed by atoms with Gasteiger partial charge >= 0.3 is 0 Å². The van der Waals surface area contributed by atoms with Gasteiger partial charge in [-0.15, -0.1) is 0 Å². The third kappa shape index (κ3) is 41.1. The maximum absolute atomic E-state index is 12.5. The zero-order valence-electron chi connectivity index (χ0n) is 44.9. The first-order valence-corrected chi connectivity index (χ1v) is 30.0. The van der Waals surface area contributed by atoms with Crippen LogP contribution in [0.25, 0.3) is 0 Å². The highest BCUT2D eigenvalue weighted by Crippen LogP contribution is 2.40. The molecule has 66 heavy (non-hydrogen) atoms. The van der Waals surface area contributed by atoms with Gasteiger partial charge in [0.05, 0.1) is 19.8 Å². The molecule has 0 bridgehead atoms. The van der Waals surface area contributed by atoms with E-state index in [0.29, 0.717) is 42.6 Å². The zero-order chi connectivity index (χ0) is 47.5. The van der Waals surface area contributed by atoms with E-state index in [0.717, 1.165) is 32.1 Å². The minimum absolute atomic E-state index is 0.425. The Morgan fingerprint density at radius 2 is 0.485 bits per heavy atom. The van der Waals surface area contributed by atoms with Gasteiger partial charge in [-0.2, -0.15) is 0 Å². The topological polar surface area (TPSA) is 70.8 Å². The summed E-state index contributed by atoms with van der Waals surface area (Å²) in [5.74, 6) is 1.39. The SMILES string of the molecule is CCCCCCCCCCCCCCCCCCOc1cc(C(N)=O)cc(OCCCCCCCCCCCCCCCCCC)c1OCCCCCCCCCCCCCCCCCC. The first-order chi connectivity index (χ1) is 32.6. The predicted octanol–water partition coefficient (Wildman–Crippen LogP) is 20.7. The Morgan fingerprint density at radius 1 is 0.303 bits per heavy atom. The van der Waals surface area contributed by atoms with Crippen molar-refractivity contribution in [3.63, 3.8) is 0 Å². The van der Waals surface area contributed by atoms with Crippen molar-refractivity contribution in [1.29, 1.82) is 0 Å². The van der Waals surface area contributed by atoms with Crippen LogP contribution in [0.1, 0.15) is 339 Å². The van der Waals surface area contributed by atoms with E-state index in [-0.39, 0.29) is 0 Å². The highest BCUT2D eigenvalue weighted by atomic mass is 16.5. The summed E-state index contributed by atoms with van der Waals surface area (Å²) >= 11 is 0. The lowest BCUT2D eigenvalue weighted by molar-refractivity contribution is 0.0999. The highest BCUT2D eigenvalue weighted by Gasteiger charge is 2.18. The van der Waals surface area contributed by atoms with E-state index in [1.165, 1.54) is 276 Å². The lowest BCUT2D eigenvalue weighted by atomic mass is 10.0. The van der Waals surface area contributed by atoms with Gasteiger partial charge in [0.2, 0.25) is 11.7 Å². The van der Waals surface area contributed by atoms with E-state index in [9.17, 15) is 4.79 Å². The fourth-order valence-electron chi connectivity index (χ4n) is 9.56. The Hall–Kier alpha value is -1.91. The second-order valence-corrected chi connectivity index (χ2v) is 20.6. The molecule has 0 spiro atoms. The molecule has 0 aromatic heterocycles. The fraction of sp³-hybridized carbons (Fsp3) is 0.885. The van der Waals surface area contributed by atoms with E-state index >= 15 is 0 Å². The molecule has 0 aliphatic rings. The number of unbranched alkanes of at least 4 members (excludes halogenated alkanes) is 45. The van der Waals surface area contributed by atoms with Crippen LogP contribution in [0.4, 0.5) is 0 Å². The van der Waals surface area contributed by atoms with Crippen LogP contribution in [0.5, 0.6) is 17.2 Å². The minimum atomic E-state index is -0.459. The Balaban J connectivity index is 2.46. The lowest BCUT2D eigenvalue weighted by Gasteiger charge is -2.18. The summed E-state index contributed by atoms with van der Waals surface area (Å²) in [4.78, 5) is 12.5. The number of rotatable bonds is 55. The van der Waals surface area contributed by atoms with Crippen LogP contribution in [0.2, 0.25) is 0 Å². The first kappa shape index (κ1) is 62.1. The molecular formula is C61H115NO4. The molecule has 0 fully saturated rings. The highest BCUT2D eigenvalue weighted by molar-refractivity contribution is 5.94. The molecule has 0 saturated heterocycles. The van der Waals surface area contributed by atoms with Crippen molar-refractivity contribution in [3.05, 3.63) is 17.7 Å². The van der Waals surface area contributed by atoms with Gasteiger partial charge in [0.1, 0.15) is 0 Å². The molecule has 0 saturated carbocycles. The Morgan fingerprint density at radius 3 is 0.682 bits per heavy atom. The standard InChI is InChI=1S/C61H115NO4/c1-4-7-10-13-16-19-22-25-28-31-34-37-40-43-46-49-52-64-58-55-57(61(62)63)56-59(65-53-50-47-44-41-38-35-32-29-26-23-20-17-14-11-8-5-2)60(58)66-54-51-48-45-42-39-36-33-30-27-24-21-18-15-12-9-6-3/h55-56H,4-54H2,1-3H3,(H2,62,63). The van der Waals surface area contributed by atoms with Gasteiger partial charge in [-0.3, -0.25) is 4.79 Å². The van der Waals surface area contributed by atoms with Crippen LogP contribution in [0, 0.1) is 0 Å². The van der Waals surface area contributed by atoms with Gasteiger partial charge in [0.25, 0.3) is 0 Å². The number of primary amides is 1. The lowest BCUT2D eigenvalue weighted by Crippen LogP contribution is -2.13. The molecule has 0 radical (unpaired) electrons. The maximum Gasteiger partial charge on any atom is 0.248 e. The number of amides is 1. The molecular weight excluding hydrogens is 811 g/mol. The van der Waals surface area contributed by atoms with Crippen molar-refractivity contribution in [1.82, 2.24) is 0 Å². The van der Waals surface area contributed by atoms with E-state index in [1.807, 2.05) is 0 Å². The average Bonchev–Trinajstić information content (AvgIpc) is 3.32. The summed E-state index contributed by atoms with van der Waals surface area (Å²) in [6.45, 7) is 8.72. The van der Waals surface area contributed by atoms with Gasteiger partial charge in [-0.1, -0.05) is 310 Å². The van der Waals surface area contributed by atoms with Crippen LogP contribution in [0.3, 0.4) is 0 Å². The van der Waals surface area contributed by atoms with E-state index in [2.05, 4.69) is 20.8 Å². The maximum atomic E-state index is 12.5. The largest absolute Gasteiger partial charge is 0.490 e. The normalized spacial score (nSPS) is 11.4. The van der Waals surface area contributed by atoms with Crippen LogP contribution in [-0.2, 0) is 0 Å². The van der Waals surface area contributed by atoms with Gasteiger partial charge in [0.15, 0.2) is 11.5 Å². The molecule has 0 aliphatic carbocycles. The fourth-order valence-corrected chi connectivity index (χ4v) is 9.56. The van der Waals surface area contributed by atoms with E-state index in [4.69, 9.17) is 19.9 Å². The molecule has 1 rings (SSSR count). The molecule has 0 heterocycles. The predicted molar refractivity (Wildman–Crippen MR) is 290 cm³/mol. The third-order valence-corrected chi connectivity index (χ3v) is 14.1. The van der Waals surface area contributed by atoms with E-state index in [1.54, 1.807) is 12.1 Å². The van der Waals surface area contributed by atoms with Crippen LogP contribution < -0.4 is 19.9 Å². The van der Waals surface area contributed by atoms with Crippen LogP contribution in [0.15, 0.2) is 12.1 Å². The van der Waals surface area contributed by atoms with Crippen molar-refractivity contribution in [2.24, 2.45) is 5.73 Å². The number of carbonyl (C=O) groups is 1. The Labute approximate surface area is 412 Å². The van der Waals surface area contributed by atoms with Crippen LogP contribution >= 0.6 is 0 Å². The van der Waals surface area contributed by atoms with Crippen molar-refractivity contribution in [2.75, 3.05) is 19.8 Å². The van der Waals surface area contributed by atoms with Crippen molar-refractivity contribution < 1.29 is 19.0 Å². The zero-order valence-corrected chi connectivity index (χ0v) is 44.9. The monoisotopic (exact) mass is 926 g/mol. The van der Waals surface area contributed by atoms with Crippen molar-refractivity contribution in [2.45, 2.75) is 329 Å². The second kappa shape index (κ2) is 51.0. The summed E-state index contributed by atoms with van der Waals surface area (Å²) in [6, 6.07) is 3.55. The van der Waals surface area contributed by atoms with Gasteiger partial charge < -0.3 is 19.9 Å². The number of nitrogens with two attached hydrogens (primary N) is 1. The minimum Gasteiger partial charge on any atom is -0.490 e. The summed E-state index contributed by atoms with van der Waals surface area (Å²) < 4.78 is 19.3.